The van der Waals surface area contributed by atoms with Crippen molar-refractivity contribution in [3.63, 3.8) is 0 Å². The first kappa shape index (κ1) is 18.3. The minimum atomic E-state index is -0.962. The number of nitrogens with zero attached hydrogens (tertiary/aromatic N) is 5. The van der Waals surface area contributed by atoms with Crippen molar-refractivity contribution >= 4 is 16.8 Å². The fourth-order valence-corrected chi connectivity index (χ4v) is 3.96. The van der Waals surface area contributed by atoms with E-state index in [2.05, 4.69) is 15.2 Å². The number of ether oxygens (including phenoxy) is 1. The van der Waals surface area contributed by atoms with E-state index in [1.807, 2.05) is 29.1 Å². The molecule has 0 saturated carbocycles. The summed E-state index contributed by atoms with van der Waals surface area (Å²) >= 11 is 0. The van der Waals surface area contributed by atoms with Crippen molar-refractivity contribution in [2.75, 3.05) is 26.3 Å². The quantitative estimate of drug-likeness (QED) is 0.715. The second kappa shape index (κ2) is 7.23. The van der Waals surface area contributed by atoms with Crippen molar-refractivity contribution in [3.05, 3.63) is 30.3 Å². The van der Waals surface area contributed by atoms with Gasteiger partial charge in [0.1, 0.15) is 6.10 Å². The highest BCUT2D eigenvalue weighted by Gasteiger charge is 2.29. The van der Waals surface area contributed by atoms with Crippen LogP contribution in [0.1, 0.15) is 37.6 Å². The molecule has 1 amide bonds. The van der Waals surface area contributed by atoms with Crippen molar-refractivity contribution in [1.82, 2.24) is 24.8 Å². The highest BCUT2D eigenvalue weighted by Crippen LogP contribution is 2.30. The largest absolute Gasteiger partial charge is 0.384 e. The molecule has 0 spiro atoms. The number of hydrogen-bond acceptors (Lipinski definition) is 7. The van der Waals surface area contributed by atoms with E-state index in [4.69, 9.17) is 9.26 Å². The molecule has 152 valence electrons. The molecule has 2 aliphatic rings. The van der Waals surface area contributed by atoms with Gasteiger partial charge in [-0.05, 0) is 25.8 Å². The molecule has 5 rings (SSSR count). The zero-order valence-corrected chi connectivity index (χ0v) is 16.2. The smallest absolute Gasteiger partial charge is 0.251 e. The SMILES string of the molecule is C[C@@H](O)C(=O)N1CCC(c2nc(-c3ccc4cnn(C5COC5)c4c3)no2)CC1. The molecule has 9 heteroatoms. The topological polar surface area (TPSA) is 107 Å². The van der Waals surface area contributed by atoms with Gasteiger partial charge in [-0.25, -0.2) is 0 Å². The second-order valence-corrected chi connectivity index (χ2v) is 7.79. The van der Waals surface area contributed by atoms with E-state index in [0.29, 0.717) is 38.0 Å². The number of aromatic nitrogens is 4. The first-order valence-corrected chi connectivity index (χ1v) is 9.96. The minimum Gasteiger partial charge on any atom is -0.384 e. The molecule has 0 unspecified atom stereocenters. The summed E-state index contributed by atoms with van der Waals surface area (Å²) in [7, 11) is 0. The molecule has 2 aromatic heterocycles. The van der Waals surface area contributed by atoms with Crippen LogP contribution in [0.15, 0.2) is 28.9 Å². The summed E-state index contributed by atoms with van der Waals surface area (Å²) in [6, 6.07) is 6.31. The average Bonchev–Trinajstić information content (AvgIpc) is 3.34. The van der Waals surface area contributed by atoms with Gasteiger partial charge in [0.05, 0.1) is 31.0 Å². The number of fused-ring (bicyclic) bond motifs is 1. The summed E-state index contributed by atoms with van der Waals surface area (Å²) in [6.45, 7) is 4.04. The zero-order chi connectivity index (χ0) is 20.0. The maximum atomic E-state index is 11.9. The van der Waals surface area contributed by atoms with Crippen LogP contribution in [0, 0.1) is 0 Å². The van der Waals surface area contributed by atoms with E-state index >= 15 is 0 Å². The number of likely N-dealkylation sites (tertiary alicyclic amines) is 1. The van der Waals surface area contributed by atoms with Crippen LogP contribution in [-0.4, -0.2) is 68.2 Å². The Hall–Kier alpha value is -2.78. The molecule has 1 atom stereocenters. The summed E-state index contributed by atoms with van der Waals surface area (Å²) in [5.41, 5.74) is 1.92. The summed E-state index contributed by atoms with van der Waals surface area (Å²) < 4.78 is 12.8. The van der Waals surface area contributed by atoms with E-state index < -0.39 is 6.10 Å². The molecule has 9 nitrogen and oxygen atoms in total. The highest BCUT2D eigenvalue weighted by molar-refractivity contribution is 5.83. The van der Waals surface area contributed by atoms with Crippen molar-refractivity contribution < 1.29 is 19.2 Å². The van der Waals surface area contributed by atoms with E-state index in [1.54, 1.807) is 4.90 Å². The van der Waals surface area contributed by atoms with Gasteiger partial charge in [0.2, 0.25) is 11.7 Å². The van der Waals surface area contributed by atoms with Crippen molar-refractivity contribution in [1.29, 1.82) is 0 Å². The van der Waals surface area contributed by atoms with Gasteiger partial charge in [0.25, 0.3) is 5.91 Å². The number of benzene rings is 1. The summed E-state index contributed by atoms with van der Waals surface area (Å²) in [4.78, 5) is 18.2. The number of rotatable bonds is 4. The van der Waals surface area contributed by atoms with E-state index in [1.165, 1.54) is 6.92 Å². The summed E-state index contributed by atoms with van der Waals surface area (Å²) in [6.07, 6.45) is 2.39. The molecular formula is C20H23N5O4. The van der Waals surface area contributed by atoms with Crippen LogP contribution in [-0.2, 0) is 9.53 Å². The normalized spacial score (nSPS) is 19.4. The number of hydrogen-bond donors (Lipinski definition) is 1. The number of piperidine rings is 1. The maximum Gasteiger partial charge on any atom is 0.251 e. The van der Waals surface area contributed by atoms with Crippen LogP contribution < -0.4 is 0 Å². The number of aliphatic hydroxyl groups excluding tert-OH is 1. The van der Waals surface area contributed by atoms with Gasteiger partial charge in [-0.15, -0.1) is 0 Å². The Morgan fingerprint density at radius 2 is 2.07 bits per heavy atom. The number of amides is 1. The molecule has 2 saturated heterocycles. The lowest BCUT2D eigenvalue weighted by atomic mass is 9.96. The molecule has 3 aromatic rings. The highest BCUT2D eigenvalue weighted by atomic mass is 16.5. The molecule has 0 aliphatic carbocycles. The Bertz CT molecular complexity index is 1030. The van der Waals surface area contributed by atoms with Crippen LogP contribution >= 0.6 is 0 Å². The molecule has 29 heavy (non-hydrogen) atoms. The molecule has 0 bridgehead atoms. The average molecular weight is 397 g/mol. The Morgan fingerprint density at radius 3 is 2.76 bits per heavy atom. The van der Waals surface area contributed by atoms with Crippen LogP contribution in [0.5, 0.6) is 0 Å². The molecule has 1 aromatic carbocycles. The van der Waals surface area contributed by atoms with Crippen LogP contribution in [0.4, 0.5) is 0 Å². The third-order valence-corrected chi connectivity index (χ3v) is 5.78. The molecule has 2 aliphatic heterocycles. The third kappa shape index (κ3) is 3.30. The van der Waals surface area contributed by atoms with Gasteiger partial charge >= 0.3 is 0 Å². The predicted octanol–water partition coefficient (Wildman–Crippen LogP) is 1.74. The fourth-order valence-electron chi connectivity index (χ4n) is 3.96. The molecule has 0 radical (unpaired) electrons. The third-order valence-electron chi connectivity index (χ3n) is 5.78. The number of carbonyl (C=O) groups excluding carboxylic acids is 1. The molecule has 2 fully saturated rings. The molecule has 1 N–H and O–H groups in total. The van der Waals surface area contributed by atoms with Crippen molar-refractivity contribution in [3.8, 4) is 11.4 Å². The van der Waals surface area contributed by atoms with Crippen LogP contribution in [0.2, 0.25) is 0 Å². The first-order chi connectivity index (χ1) is 14.1. The Labute approximate surface area is 167 Å². The van der Waals surface area contributed by atoms with Crippen molar-refractivity contribution in [2.24, 2.45) is 0 Å². The maximum absolute atomic E-state index is 11.9. The zero-order valence-electron chi connectivity index (χ0n) is 16.2. The van der Waals surface area contributed by atoms with Gasteiger partial charge in [-0.1, -0.05) is 17.3 Å². The fraction of sp³-hybridized carbons (Fsp3) is 0.500. The van der Waals surface area contributed by atoms with E-state index in [9.17, 15) is 9.90 Å². The lowest BCUT2D eigenvalue weighted by Crippen LogP contribution is -2.42. The second-order valence-electron chi connectivity index (χ2n) is 7.79. The standard InChI is InChI=1S/C20H23N5O4/c1-12(26)20(27)24-6-4-13(5-7-24)19-22-18(23-29-19)14-2-3-15-9-21-25(17(15)8-14)16-10-28-11-16/h2-3,8-9,12-13,16,26H,4-7,10-11H2,1H3/t12-/m1/s1. The number of aliphatic hydroxyl groups is 1. The first-order valence-electron chi connectivity index (χ1n) is 9.96. The van der Waals surface area contributed by atoms with Crippen LogP contribution in [0.25, 0.3) is 22.3 Å². The van der Waals surface area contributed by atoms with Gasteiger partial charge in [-0.3, -0.25) is 9.48 Å². The minimum absolute atomic E-state index is 0.121. The van der Waals surface area contributed by atoms with E-state index in [-0.39, 0.29) is 17.9 Å². The van der Waals surface area contributed by atoms with E-state index in [0.717, 1.165) is 29.3 Å². The Balaban J connectivity index is 1.33. The van der Waals surface area contributed by atoms with Crippen molar-refractivity contribution in [2.45, 2.75) is 37.8 Å². The predicted molar refractivity (Wildman–Crippen MR) is 103 cm³/mol. The Kier molecular flexibility index (Phi) is 4.56. The summed E-state index contributed by atoms with van der Waals surface area (Å²) in [5, 5.41) is 19.2. The molecular weight excluding hydrogens is 374 g/mol. The monoisotopic (exact) mass is 397 g/mol. The summed E-state index contributed by atoms with van der Waals surface area (Å²) in [5.74, 6) is 1.05. The lowest BCUT2D eigenvalue weighted by Gasteiger charge is -2.31. The van der Waals surface area contributed by atoms with Crippen LogP contribution in [0.3, 0.4) is 0 Å². The lowest BCUT2D eigenvalue weighted by molar-refractivity contribution is -0.140. The van der Waals surface area contributed by atoms with Gasteiger partial charge in [0, 0.05) is 30.0 Å². The van der Waals surface area contributed by atoms with Gasteiger partial charge in [0.15, 0.2) is 0 Å². The van der Waals surface area contributed by atoms with Gasteiger partial charge in [-0.2, -0.15) is 10.1 Å². The molecule has 4 heterocycles. The Morgan fingerprint density at radius 1 is 1.28 bits per heavy atom. The van der Waals surface area contributed by atoms with Gasteiger partial charge < -0.3 is 19.3 Å². The number of carbonyl (C=O) groups is 1.